The third-order valence-corrected chi connectivity index (χ3v) is 3.18. The molecular formula is C13H14F2N2O3. The number of likely N-dealkylation sites (N-methyl/N-ethyl adjacent to an activating group) is 1. The zero-order chi connectivity index (χ0) is 14.9. The third-order valence-electron chi connectivity index (χ3n) is 3.18. The lowest BCUT2D eigenvalue weighted by molar-refractivity contribution is -0.114. The van der Waals surface area contributed by atoms with E-state index in [1.165, 1.54) is 35.0 Å². The van der Waals surface area contributed by atoms with E-state index in [0.717, 1.165) is 0 Å². The minimum atomic E-state index is -2.55. The average molecular weight is 284 g/mol. The second-order valence-electron chi connectivity index (χ2n) is 4.46. The van der Waals surface area contributed by atoms with E-state index in [1.807, 2.05) is 0 Å². The van der Waals surface area contributed by atoms with Crippen molar-refractivity contribution in [1.29, 1.82) is 0 Å². The first kappa shape index (κ1) is 14.4. The van der Waals surface area contributed by atoms with E-state index in [1.54, 1.807) is 0 Å². The molecule has 108 valence electrons. The van der Waals surface area contributed by atoms with Crippen LogP contribution in [0.5, 0.6) is 0 Å². The van der Waals surface area contributed by atoms with Crippen LogP contribution in [-0.2, 0) is 4.79 Å². The van der Waals surface area contributed by atoms with Crippen LogP contribution in [0, 0.1) is 0 Å². The van der Waals surface area contributed by atoms with Crippen LogP contribution in [0.25, 0.3) is 0 Å². The molecular weight excluding hydrogens is 270 g/mol. The van der Waals surface area contributed by atoms with E-state index in [2.05, 4.69) is 0 Å². The van der Waals surface area contributed by atoms with E-state index < -0.39 is 24.7 Å². The lowest BCUT2D eigenvalue weighted by Crippen LogP contribution is -2.31. The number of fused-ring (bicyclic) bond motifs is 1. The van der Waals surface area contributed by atoms with E-state index in [9.17, 15) is 18.4 Å². The van der Waals surface area contributed by atoms with Gasteiger partial charge in [0.2, 0.25) is 0 Å². The number of amides is 1. The number of anilines is 2. The summed E-state index contributed by atoms with van der Waals surface area (Å²) in [6.45, 7) is -0.739. The second-order valence-corrected chi connectivity index (χ2v) is 4.46. The van der Waals surface area contributed by atoms with Gasteiger partial charge in [-0.15, -0.1) is 0 Å². The summed E-state index contributed by atoms with van der Waals surface area (Å²) in [6, 6.07) is 4.46. The van der Waals surface area contributed by atoms with Gasteiger partial charge in [-0.1, -0.05) is 0 Å². The molecule has 1 aliphatic heterocycles. The van der Waals surface area contributed by atoms with Gasteiger partial charge in [0.05, 0.1) is 24.4 Å². The van der Waals surface area contributed by atoms with Gasteiger partial charge in [-0.2, -0.15) is 0 Å². The maximum Gasteiger partial charge on any atom is 0.299 e. The van der Waals surface area contributed by atoms with Crippen LogP contribution in [0.15, 0.2) is 18.2 Å². The number of halogens is 2. The van der Waals surface area contributed by atoms with Crippen molar-refractivity contribution in [2.24, 2.45) is 0 Å². The van der Waals surface area contributed by atoms with Crippen LogP contribution in [0.3, 0.4) is 0 Å². The number of Topliss-reactive ketones (excluding diaryl/α,β-unsaturated/α-hetero) is 1. The molecule has 1 aromatic rings. The summed E-state index contributed by atoms with van der Waals surface area (Å²) in [6.07, 6.45) is -2.55. The largest absolute Gasteiger partial charge is 0.395 e. The maximum absolute atomic E-state index is 12.5. The molecule has 20 heavy (non-hydrogen) atoms. The fraction of sp³-hybridized carbons (Fsp3) is 0.385. The topological polar surface area (TPSA) is 60.9 Å². The Morgan fingerprint density at radius 3 is 2.65 bits per heavy atom. The summed E-state index contributed by atoms with van der Waals surface area (Å²) in [4.78, 5) is 25.7. The zero-order valence-electron chi connectivity index (χ0n) is 10.8. The molecule has 0 bridgehead atoms. The highest BCUT2D eigenvalue weighted by Gasteiger charge is 2.33. The SMILES string of the molecule is CN1C(=O)C(=O)c2ccc(N(CCO)CC(F)F)cc21. The maximum atomic E-state index is 12.5. The molecule has 0 radical (unpaired) electrons. The summed E-state index contributed by atoms with van der Waals surface area (Å²) in [5.74, 6) is -1.24. The molecule has 1 N–H and O–H groups in total. The Kier molecular flexibility index (Phi) is 3.99. The molecule has 1 aliphatic rings. The first-order valence-electron chi connectivity index (χ1n) is 6.06. The second kappa shape index (κ2) is 5.54. The van der Waals surface area contributed by atoms with Crippen LogP contribution < -0.4 is 9.80 Å². The molecule has 0 unspecified atom stereocenters. The first-order valence-corrected chi connectivity index (χ1v) is 6.06. The van der Waals surface area contributed by atoms with Crippen molar-refractivity contribution in [2.75, 3.05) is 36.5 Å². The van der Waals surface area contributed by atoms with Crippen molar-refractivity contribution in [3.63, 3.8) is 0 Å². The summed E-state index contributed by atoms with van der Waals surface area (Å²) in [5, 5.41) is 8.94. The number of hydrogen-bond donors (Lipinski definition) is 1. The number of carbonyl (C=O) groups excluding carboxylic acids is 2. The average Bonchev–Trinajstić information content (AvgIpc) is 2.63. The number of alkyl halides is 2. The number of benzene rings is 1. The molecule has 0 aliphatic carbocycles. The molecule has 0 fully saturated rings. The highest BCUT2D eigenvalue weighted by atomic mass is 19.3. The Morgan fingerprint density at radius 1 is 1.35 bits per heavy atom. The highest BCUT2D eigenvalue weighted by molar-refractivity contribution is 6.52. The molecule has 0 atom stereocenters. The molecule has 1 heterocycles. The summed E-state index contributed by atoms with van der Waals surface area (Å²) in [7, 11) is 1.46. The lowest BCUT2D eigenvalue weighted by atomic mass is 10.1. The Balaban J connectivity index is 2.35. The Hall–Kier alpha value is -2.02. The van der Waals surface area contributed by atoms with Gasteiger partial charge in [-0.25, -0.2) is 8.78 Å². The van der Waals surface area contributed by atoms with Gasteiger partial charge in [-0.05, 0) is 18.2 Å². The molecule has 2 rings (SSSR count). The van der Waals surface area contributed by atoms with Crippen LogP contribution in [0.2, 0.25) is 0 Å². The van der Waals surface area contributed by atoms with Crippen molar-refractivity contribution >= 4 is 23.1 Å². The van der Waals surface area contributed by atoms with Gasteiger partial charge in [0, 0.05) is 19.3 Å². The minimum Gasteiger partial charge on any atom is -0.395 e. The van der Waals surface area contributed by atoms with E-state index in [4.69, 9.17) is 5.11 Å². The smallest absolute Gasteiger partial charge is 0.299 e. The Bertz CT molecular complexity index is 548. The van der Waals surface area contributed by atoms with E-state index in [-0.39, 0.29) is 18.7 Å². The number of aliphatic hydroxyl groups is 1. The summed E-state index contributed by atoms with van der Waals surface area (Å²) < 4.78 is 25.1. The predicted octanol–water partition coefficient (Wildman–Crippen LogP) is 0.910. The van der Waals surface area contributed by atoms with Gasteiger partial charge in [0.25, 0.3) is 18.1 Å². The van der Waals surface area contributed by atoms with Crippen molar-refractivity contribution in [3.05, 3.63) is 23.8 Å². The standard InChI is InChI=1S/C13H14F2N2O3/c1-16-10-6-8(17(4-5-18)7-11(14)15)2-3-9(10)12(19)13(16)20/h2-3,6,11,18H,4-5,7H2,1H3. The number of rotatable bonds is 5. The van der Waals surface area contributed by atoms with Crippen LogP contribution in [0.4, 0.5) is 20.2 Å². The van der Waals surface area contributed by atoms with E-state index >= 15 is 0 Å². The van der Waals surface area contributed by atoms with Gasteiger partial charge in [-0.3, -0.25) is 9.59 Å². The van der Waals surface area contributed by atoms with Crippen LogP contribution in [0.1, 0.15) is 10.4 Å². The normalized spacial score (nSPS) is 14.2. The molecule has 0 saturated heterocycles. The molecule has 1 aromatic carbocycles. The number of carbonyl (C=O) groups is 2. The van der Waals surface area contributed by atoms with Crippen molar-refractivity contribution < 1.29 is 23.5 Å². The fourth-order valence-corrected chi connectivity index (χ4v) is 2.18. The van der Waals surface area contributed by atoms with Crippen LogP contribution in [-0.4, -0.2) is 50.0 Å². The molecule has 7 heteroatoms. The van der Waals surface area contributed by atoms with Gasteiger partial charge >= 0.3 is 0 Å². The molecule has 0 spiro atoms. The van der Waals surface area contributed by atoms with Gasteiger partial charge < -0.3 is 14.9 Å². The number of hydrogen-bond acceptors (Lipinski definition) is 4. The highest BCUT2D eigenvalue weighted by Crippen LogP contribution is 2.32. The van der Waals surface area contributed by atoms with Gasteiger partial charge in [0.15, 0.2) is 0 Å². The molecule has 0 aromatic heterocycles. The Labute approximate surface area is 114 Å². The van der Waals surface area contributed by atoms with Crippen LogP contribution >= 0.6 is 0 Å². The van der Waals surface area contributed by atoms with Crippen molar-refractivity contribution in [2.45, 2.75) is 6.43 Å². The molecule has 0 saturated carbocycles. The lowest BCUT2D eigenvalue weighted by Gasteiger charge is -2.24. The molecule has 5 nitrogen and oxygen atoms in total. The minimum absolute atomic E-state index is 0.0503. The van der Waals surface area contributed by atoms with Crippen molar-refractivity contribution in [1.82, 2.24) is 0 Å². The number of nitrogens with zero attached hydrogens (tertiary/aromatic N) is 2. The fourth-order valence-electron chi connectivity index (χ4n) is 2.18. The monoisotopic (exact) mass is 284 g/mol. The summed E-state index contributed by atoms with van der Waals surface area (Å²) in [5.41, 5.74) is 1.10. The van der Waals surface area contributed by atoms with Gasteiger partial charge in [0.1, 0.15) is 0 Å². The predicted molar refractivity (Wildman–Crippen MR) is 69.5 cm³/mol. The van der Waals surface area contributed by atoms with E-state index in [0.29, 0.717) is 11.4 Å². The first-order chi connectivity index (χ1) is 9.45. The van der Waals surface area contributed by atoms with Crippen molar-refractivity contribution in [3.8, 4) is 0 Å². The number of ketones is 1. The molecule has 1 amide bonds. The number of aliphatic hydroxyl groups excluding tert-OH is 1. The summed E-state index contributed by atoms with van der Waals surface area (Å²) >= 11 is 0. The quantitative estimate of drug-likeness (QED) is 0.816. The zero-order valence-corrected chi connectivity index (χ0v) is 10.8. The Morgan fingerprint density at radius 2 is 2.05 bits per heavy atom. The third kappa shape index (κ3) is 2.49.